The molecule has 4 rings (SSSR count). The molecule has 2 aliphatic heterocycles. The standard InChI is InChI=1S/C26H33N3O4S/c1-3-14-26(24(31)29(25(32)27-26)17-13-21-10-7-18-34-21)20-11-15-28(16-12-20)23(30)22(33-2)19-8-5-4-6-9-19/h4-10,18,20,22H,3,11-17H2,1-2H3,(H,27,32)/t22-,26+/m0/s1. The van der Waals surface area contributed by atoms with E-state index in [1.165, 1.54) is 4.90 Å². The van der Waals surface area contributed by atoms with Gasteiger partial charge in [0.2, 0.25) is 0 Å². The minimum Gasteiger partial charge on any atom is -0.367 e. The van der Waals surface area contributed by atoms with Gasteiger partial charge in [0.15, 0.2) is 6.10 Å². The smallest absolute Gasteiger partial charge is 0.325 e. The maximum Gasteiger partial charge on any atom is 0.325 e. The average Bonchev–Trinajstić information content (AvgIpc) is 3.46. The van der Waals surface area contributed by atoms with E-state index in [4.69, 9.17) is 4.74 Å². The van der Waals surface area contributed by atoms with Crippen molar-refractivity contribution >= 4 is 29.2 Å². The van der Waals surface area contributed by atoms with Crippen LogP contribution in [0.25, 0.3) is 0 Å². The first-order valence-corrected chi connectivity index (χ1v) is 12.9. The number of methoxy groups -OCH3 is 1. The van der Waals surface area contributed by atoms with Crippen LogP contribution in [0.1, 0.15) is 49.2 Å². The number of thiophene rings is 1. The molecule has 8 heteroatoms. The molecule has 1 aromatic carbocycles. The number of likely N-dealkylation sites (tertiary alicyclic amines) is 1. The molecule has 2 aromatic rings. The summed E-state index contributed by atoms with van der Waals surface area (Å²) in [5.74, 6) is -0.173. The number of ether oxygens (including phenoxy) is 1. The lowest BCUT2D eigenvalue weighted by molar-refractivity contribution is -0.144. The number of imide groups is 1. The molecule has 182 valence electrons. The molecule has 0 aliphatic carbocycles. The zero-order valence-corrected chi connectivity index (χ0v) is 20.7. The van der Waals surface area contributed by atoms with E-state index >= 15 is 0 Å². The van der Waals surface area contributed by atoms with Crippen LogP contribution in [0.2, 0.25) is 0 Å². The Morgan fingerprint density at radius 1 is 1.18 bits per heavy atom. The molecule has 1 aromatic heterocycles. The van der Waals surface area contributed by atoms with Gasteiger partial charge >= 0.3 is 6.03 Å². The van der Waals surface area contributed by atoms with Crippen molar-refractivity contribution in [1.82, 2.24) is 15.1 Å². The van der Waals surface area contributed by atoms with Gasteiger partial charge in [0, 0.05) is 31.6 Å². The summed E-state index contributed by atoms with van der Waals surface area (Å²) in [6.07, 6.45) is 2.77. The molecule has 0 saturated carbocycles. The van der Waals surface area contributed by atoms with Crippen molar-refractivity contribution in [2.75, 3.05) is 26.7 Å². The average molecular weight is 484 g/mol. The Hall–Kier alpha value is -2.71. The van der Waals surface area contributed by atoms with Crippen LogP contribution in [0.4, 0.5) is 4.79 Å². The summed E-state index contributed by atoms with van der Waals surface area (Å²) in [4.78, 5) is 44.0. The largest absolute Gasteiger partial charge is 0.367 e. The van der Waals surface area contributed by atoms with Crippen LogP contribution in [-0.2, 0) is 20.7 Å². The minimum atomic E-state index is -0.878. The molecule has 34 heavy (non-hydrogen) atoms. The number of hydrogen-bond donors (Lipinski definition) is 1. The third kappa shape index (κ3) is 4.74. The van der Waals surface area contributed by atoms with Gasteiger partial charge in [-0.3, -0.25) is 14.5 Å². The van der Waals surface area contributed by atoms with Crippen LogP contribution < -0.4 is 5.32 Å². The predicted octanol–water partition coefficient (Wildman–Crippen LogP) is 4.01. The second-order valence-corrected chi connectivity index (χ2v) is 10.1. The van der Waals surface area contributed by atoms with Crippen molar-refractivity contribution in [2.45, 2.75) is 50.7 Å². The molecule has 2 aliphatic rings. The highest BCUT2D eigenvalue weighted by molar-refractivity contribution is 7.09. The number of nitrogens with one attached hydrogen (secondary N) is 1. The fraction of sp³-hybridized carbons (Fsp3) is 0.500. The van der Waals surface area contributed by atoms with Gasteiger partial charge in [-0.2, -0.15) is 0 Å². The lowest BCUT2D eigenvalue weighted by atomic mass is 9.74. The Labute approximate surface area is 205 Å². The quantitative estimate of drug-likeness (QED) is 0.547. The van der Waals surface area contributed by atoms with Crippen molar-refractivity contribution in [3.8, 4) is 0 Å². The first-order chi connectivity index (χ1) is 16.5. The Bertz CT molecular complexity index is 989. The van der Waals surface area contributed by atoms with Crippen molar-refractivity contribution in [3.05, 3.63) is 58.3 Å². The Kier molecular flexibility index (Phi) is 7.68. The minimum absolute atomic E-state index is 0.00240. The molecule has 0 spiro atoms. The summed E-state index contributed by atoms with van der Waals surface area (Å²) in [5.41, 5.74) is -0.0459. The van der Waals surface area contributed by atoms with Gasteiger partial charge in [-0.05, 0) is 48.6 Å². The van der Waals surface area contributed by atoms with Crippen molar-refractivity contribution in [2.24, 2.45) is 5.92 Å². The van der Waals surface area contributed by atoms with Gasteiger partial charge in [-0.1, -0.05) is 49.7 Å². The number of carbonyl (C=O) groups excluding carboxylic acids is 3. The molecule has 1 N–H and O–H groups in total. The number of amides is 4. The molecule has 4 amide bonds. The van der Waals surface area contributed by atoms with E-state index in [9.17, 15) is 14.4 Å². The molecular formula is C26H33N3O4S. The molecule has 3 heterocycles. The highest BCUT2D eigenvalue weighted by Gasteiger charge is 2.55. The first-order valence-electron chi connectivity index (χ1n) is 12.0. The molecule has 2 fully saturated rings. The van der Waals surface area contributed by atoms with Gasteiger partial charge in [0.25, 0.3) is 11.8 Å². The lowest BCUT2D eigenvalue weighted by Crippen LogP contribution is -2.56. The Morgan fingerprint density at radius 2 is 1.91 bits per heavy atom. The van der Waals surface area contributed by atoms with E-state index < -0.39 is 11.6 Å². The number of benzene rings is 1. The second-order valence-electron chi connectivity index (χ2n) is 9.06. The van der Waals surface area contributed by atoms with E-state index in [0.29, 0.717) is 45.3 Å². The fourth-order valence-corrected chi connectivity index (χ4v) is 6.03. The summed E-state index contributed by atoms with van der Waals surface area (Å²) >= 11 is 1.63. The fourth-order valence-electron chi connectivity index (χ4n) is 5.34. The van der Waals surface area contributed by atoms with Gasteiger partial charge in [-0.25, -0.2) is 4.79 Å². The second kappa shape index (κ2) is 10.7. The van der Waals surface area contributed by atoms with Crippen molar-refractivity contribution in [1.29, 1.82) is 0 Å². The number of nitrogens with zero attached hydrogens (tertiary/aromatic N) is 2. The highest BCUT2D eigenvalue weighted by Crippen LogP contribution is 2.38. The number of urea groups is 1. The Balaban J connectivity index is 1.43. The van der Waals surface area contributed by atoms with E-state index in [1.54, 1.807) is 18.4 Å². The molecule has 2 atom stereocenters. The summed E-state index contributed by atoms with van der Waals surface area (Å²) in [6, 6.07) is 13.2. The van der Waals surface area contributed by atoms with Gasteiger partial charge in [-0.15, -0.1) is 11.3 Å². The van der Waals surface area contributed by atoms with Crippen LogP contribution in [0, 0.1) is 5.92 Å². The summed E-state index contributed by atoms with van der Waals surface area (Å²) < 4.78 is 5.53. The van der Waals surface area contributed by atoms with E-state index in [2.05, 4.69) is 5.32 Å². The SMILES string of the molecule is CCC[C@]1(C2CCN(C(=O)[C@@H](OC)c3ccccc3)CC2)NC(=O)N(CCc2cccs2)C1=O. The van der Waals surface area contributed by atoms with Crippen LogP contribution in [-0.4, -0.2) is 59.9 Å². The van der Waals surface area contributed by atoms with E-state index in [-0.39, 0.29) is 23.8 Å². The Morgan fingerprint density at radius 3 is 2.53 bits per heavy atom. The summed E-state index contributed by atoms with van der Waals surface area (Å²) in [6.45, 7) is 3.51. The van der Waals surface area contributed by atoms with Crippen LogP contribution in [0.15, 0.2) is 47.8 Å². The lowest BCUT2D eigenvalue weighted by Gasteiger charge is -2.41. The van der Waals surface area contributed by atoms with Crippen LogP contribution in [0.3, 0.4) is 0 Å². The topological polar surface area (TPSA) is 79.0 Å². The number of piperidine rings is 1. The normalized spacial score (nSPS) is 22.2. The number of hydrogen-bond acceptors (Lipinski definition) is 5. The van der Waals surface area contributed by atoms with Gasteiger partial charge < -0.3 is 15.0 Å². The number of carbonyl (C=O) groups is 3. The third-order valence-electron chi connectivity index (χ3n) is 7.07. The van der Waals surface area contributed by atoms with E-state index in [0.717, 1.165) is 16.9 Å². The molecule has 0 radical (unpaired) electrons. The maximum absolute atomic E-state index is 13.6. The molecule has 0 bridgehead atoms. The molecule has 7 nitrogen and oxygen atoms in total. The van der Waals surface area contributed by atoms with E-state index in [1.807, 2.05) is 59.7 Å². The van der Waals surface area contributed by atoms with Gasteiger partial charge in [0.1, 0.15) is 5.54 Å². The van der Waals surface area contributed by atoms with Crippen molar-refractivity contribution < 1.29 is 19.1 Å². The molecule has 0 unspecified atom stereocenters. The molecular weight excluding hydrogens is 450 g/mol. The first kappa shape index (κ1) is 24.4. The summed E-state index contributed by atoms with van der Waals surface area (Å²) in [5, 5.41) is 5.09. The number of rotatable bonds is 9. The zero-order valence-electron chi connectivity index (χ0n) is 19.9. The van der Waals surface area contributed by atoms with Crippen molar-refractivity contribution in [3.63, 3.8) is 0 Å². The van der Waals surface area contributed by atoms with Crippen LogP contribution in [0.5, 0.6) is 0 Å². The molecule has 2 saturated heterocycles. The highest BCUT2D eigenvalue weighted by atomic mass is 32.1. The summed E-state index contributed by atoms with van der Waals surface area (Å²) in [7, 11) is 1.55. The van der Waals surface area contributed by atoms with Crippen LogP contribution >= 0.6 is 11.3 Å². The van der Waals surface area contributed by atoms with Gasteiger partial charge in [0.05, 0.1) is 0 Å². The third-order valence-corrected chi connectivity index (χ3v) is 8.01. The maximum atomic E-state index is 13.6. The zero-order chi connectivity index (χ0) is 24.1. The monoisotopic (exact) mass is 483 g/mol. The predicted molar refractivity (Wildman–Crippen MR) is 131 cm³/mol.